The van der Waals surface area contributed by atoms with Gasteiger partial charge in [-0.1, -0.05) is 19.3 Å². The average Bonchev–Trinajstić information content (AvgIpc) is 3.06. The highest BCUT2D eigenvalue weighted by atomic mass is 16.5. The monoisotopic (exact) mass is 392 g/mol. The molecule has 1 fully saturated rings. The number of hydrogen-bond acceptors (Lipinski definition) is 4. The molecule has 2 heterocycles. The Bertz CT molecular complexity index is 675. The van der Waals surface area contributed by atoms with Crippen LogP contribution >= 0.6 is 0 Å². The standard InChI is InChI=1S/C20H36N6O2/c1-21-19(23-13-8-16-28-17-9-3-2-4-10-17)22-12-7-15-26-20(27)25-14-6-5-11-18(25)24-26/h17H,2-16H2,1H3,(H2,21,22,23). The highest BCUT2D eigenvalue weighted by Gasteiger charge is 2.16. The van der Waals surface area contributed by atoms with Gasteiger partial charge in [-0.2, -0.15) is 5.10 Å². The van der Waals surface area contributed by atoms with E-state index in [0.717, 1.165) is 70.1 Å². The number of hydrogen-bond donors (Lipinski definition) is 2. The van der Waals surface area contributed by atoms with Crippen LogP contribution in [0.5, 0.6) is 0 Å². The van der Waals surface area contributed by atoms with Crippen LogP contribution in [0.3, 0.4) is 0 Å². The van der Waals surface area contributed by atoms with Crippen molar-refractivity contribution in [3.05, 3.63) is 16.3 Å². The van der Waals surface area contributed by atoms with E-state index in [4.69, 9.17) is 4.74 Å². The molecule has 0 saturated heterocycles. The molecule has 2 N–H and O–H groups in total. The van der Waals surface area contributed by atoms with Crippen molar-refractivity contribution in [2.24, 2.45) is 4.99 Å². The van der Waals surface area contributed by atoms with E-state index in [1.165, 1.54) is 32.1 Å². The van der Waals surface area contributed by atoms with E-state index in [0.29, 0.717) is 12.6 Å². The highest BCUT2D eigenvalue weighted by molar-refractivity contribution is 5.79. The molecule has 8 nitrogen and oxygen atoms in total. The number of aryl methyl sites for hydroxylation is 2. The summed E-state index contributed by atoms with van der Waals surface area (Å²) in [5, 5.41) is 11.1. The molecule has 1 aliphatic carbocycles. The van der Waals surface area contributed by atoms with E-state index in [1.54, 1.807) is 11.7 Å². The zero-order valence-electron chi connectivity index (χ0n) is 17.3. The van der Waals surface area contributed by atoms with Gasteiger partial charge < -0.3 is 15.4 Å². The Labute approximate surface area is 167 Å². The molecule has 0 atom stereocenters. The number of aromatic nitrogens is 3. The van der Waals surface area contributed by atoms with Crippen molar-refractivity contribution in [1.82, 2.24) is 25.0 Å². The lowest BCUT2D eigenvalue weighted by molar-refractivity contribution is 0.0277. The fraction of sp³-hybridized carbons (Fsp3) is 0.850. The number of guanidine groups is 1. The summed E-state index contributed by atoms with van der Waals surface area (Å²) in [4.78, 5) is 16.6. The molecular formula is C20H36N6O2. The Kier molecular flexibility index (Phi) is 8.39. The van der Waals surface area contributed by atoms with Crippen molar-refractivity contribution < 1.29 is 4.74 Å². The number of nitrogens with zero attached hydrogens (tertiary/aromatic N) is 4. The Morgan fingerprint density at radius 3 is 2.68 bits per heavy atom. The molecule has 1 saturated carbocycles. The third-order valence-electron chi connectivity index (χ3n) is 5.61. The first-order valence-electron chi connectivity index (χ1n) is 11.0. The molecule has 0 bridgehead atoms. The normalized spacial score (nSPS) is 18.1. The van der Waals surface area contributed by atoms with Gasteiger partial charge in [0.05, 0.1) is 6.10 Å². The van der Waals surface area contributed by atoms with Crippen LogP contribution in [-0.4, -0.2) is 53.2 Å². The van der Waals surface area contributed by atoms with E-state index in [9.17, 15) is 4.79 Å². The molecule has 0 spiro atoms. The predicted octanol–water partition coefficient (Wildman–Crippen LogP) is 1.68. The molecule has 0 unspecified atom stereocenters. The highest BCUT2D eigenvalue weighted by Crippen LogP contribution is 2.20. The van der Waals surface area contributed by atoms with Gasteiger partial charge in [-0.15, -0.1) is 0 Å². The van der Waals surface area contributed by atoms with Gasteiger partial charge in [0, 0.05) is 46.3 Å². The molecule has 1 aromatic heterocycles. The third kappa shape index (κ3) is 6.09. The predicted molar refractivity (Wildman–Crippen MR) is 111 cm³/mol. The second-order valence-corrected chi connectivity index (χ2v) is 7.79. The lowest BCUT2D eigenvalue weighted by atomic mass is 9.98. The third-order valence-corrected chi connectivity index (χ3v) is 5.61. The second kappa shape index (κ2) is 11.2. The number of aliphatic imine (C=N–C) groups is 1. The topological polar surface area (TPSA) is 85.5 Å². The van der Waals surface area contributed by atoms with Gasteiger partial charge in [0.25, 0.3) is 0 Å². The number of nitrogens with one attached hydrogen (secondary N) is 2. The van der Waals surface area contributed by atoms with Crippen LogP contribution < -0.4 is 16.3 Å². The van der Waals surface area contributed by atoms with Crippen LogP contribution in [0.2, 0.25) is 0 Å². The molecule has 28 heavy (non-hydrogen) atoms. The summed E-state index contributed by atoms with van der Waals surface area (Å²) in [6.45, 7) is 3.86. The van der Waals surface area contributed by atoms with Crippen LogP contribution in [0.15, 0.2) is 9.79 Å². The lowest BCUT2D eigenvalue weighted by Gasteiger charge is -2.22. The van der Waals surface area contributed by atoms with Gasteiger partial charge in [0.2, 0.25) is 0 Å². The first-order valence-corrected chi connectivity index (χ1v) is 11.0. The van der Waals surface area contributed by atoms with E-state index in [2.05, 4.69) is 20.7 Å². The summed E-state index contributed by atoms with van der Waals surface area (Å²) in [6.07, 6.45) is 11.8. The molecular weight excluding hydrogens is 356 g/mol. The first-order chi connectivity index (χ1) is 13.8. The Morgan fingerprint density at radius 1 is 1.14 bits per heavy atom. The number of fused-ring (bicyclic) bond motifs is 1. The fourth-order valence-corrected chi connectivity index (χ4v) is 4.01. The molecule has 3 rings (SSSR count). The molecule has 2 aliphatic rings. The molecule has 0 aromatic carbocycles. The van der Waals surface area contributed by atoms with Crippen LogP contribution in [0.25, 0.3) is 0 Å². The minimum absolute atomic E-state index is 0.0372. The van der Waals surface area contributed by atoms with E-state index < -0.39 is 0 Å². The van der Waals surface area contributed by atoms with Gasteiger partial charge in [0.1, 0.15) is 5.82 Å². The van der Waals surface area contributed by atoms with Crippen LogP contribution in [0, 0.1) is 0 Å². The van der Waals surface area contributed by atoms with Crippen LogP contribution in [0.1, 0.15) is 63.6 Å². The van der Waals surface area contributed by atoms with Crippen molar-refractivity contribution in [2.45, 2.75) is 83.4 Å². The maximum atomic E-state index is 12.3. The minimum Gasteiger partial charge on any atom is -0.378 e. The Hall–Kier alpha value is -1.83. The van der Waals surface area contributed by atoms with Crippen molar-refractivity contribution >= 4 is 5.96 Å². The maximum Gasteiger partial charge on any atom is 0.345 e. The number of rotatable bonds is 9. The molecule has 0 amide bonds. The SMILES string of the molecule is CN=C(NCCCOC1CCCCC1)NCCCn1nc2n(c1=O)CCCC2. The van der Waals surface area contributed by atoms with E-state index >= 15 is 0 Å². The van der Waals surface area contributed by atoms with Gasteiger partial charge in [-0.3, -0.25) is 9.56 Å². The summed E-state index contributed by atoms with van der Waals surface area (Å²) in [6, 6.07) is 0. The van der Waals surface area contributed by atoms with E-state index in [-0.39, 0.29) is 5.69 Å². The van der Waals surface area contributed by atoms with Crippen molar-refractivity contribution in [3.63, 3.8) is 0 Å². The lowest BCUT2D eigenvalue weighted by Crippen LogP contribution is -2.39. The number of ether oxygens (including phenoxy) is 1. The quantitative estimate of drug-likeness (QED) is 0.379. The first kappa shape index (κ1) is 20.9. The summed E-state index contributed by atoms with van der Waals surface area (Å²) in [5.41, 5.74) is 0.0372. The Morgan fingerprint density at radius 2 is 1.93 bits per heavy atom. The van der Waals surface area contributed by atoms with Crippen molar-refractivity contribution in [1.29, 1.82) is 0 Å². The summed E-state index contributed by atoms with van der Waals surface area (Å²) >= 11 is 0. The second-order valence-electron chi connectivity index (χ2n) is 7.79. The summed E-state index contributed by atoms with van der Waals surface area (Å²) in [7, 11) is 1.78. The zero-order valence-corrected chi connectivity index (χ0v) is 17.3. The van der Waals surface area contributed by atoms with Gasteiger partial charge >= 0.3 is 5.69 Å². The summed E-state index contributed by atoms with van der Waals surface area (Å²) < 4.78 is 9.39. The smallest absolute Gasteiger partial charge is 0.345 e. The molecule has 8 heteroatoms. The fourth-order valence-electron chi connectivity index (χ4n) is 4.01. The molecule has 0 radical (unpaired) electrons. The maximum absolute atomic E-state index is 12.3. The van der Waals surface area contributed by atoms with Crippen molar-refractivity contribution in [2.75, 3.05) is 26.7 Å². The summed E-state index contributed by atoms with van der Waals surface area (Å²) in [5.74, 6) is 1.74. The van der Waals surface area contributed by atoms with Gasteiger partial charge in [0.15, 0.2) is 5.96 Å². The Balaban J connectivity index is 1.27. The largest absolute Gasteiger partial charge is 0.378 e. The zero-order chi connectivity index (χ0) is 19.6. The average molecular weight is 393 g/mol. The molecule has 1 aromatic rings. The van der Waals surface area contributed by atoms with Crippen LogP contribution in [-0.2, 0) is 24.2 Å². The van der Waals surface area contributed by atoms with Crippen molar-refractivity contribution in [3.8, 4) is 0 Å². The van der Waals surface area contributed by atoms with Crippen LogP contribution in [0.4, 0.5) is 0 Å². The molecule has 1 aliphatic heterocycles. The van der Waals surface area contributed by atoms with E-state index in [1.807, 2.05) is 4.57 Å². The molecule has 158 valence electrons. The van der Waals surface area contributed by atoms with Gasteiger partial charge in [-0.05, 0) is 38.5 Å². The van der Waals surface area contributed by atoms with Gasteiger partial charge in [-0.25, -0.2) is 9.48 Å². The minimum atomic E-state index is 0.0372.